The van der Waals surface area contributed by atoms with E-state index in [4.69, 9.17) is 5.73 Å². The summed E-state index contributed by atoms with van der Waals surface area (Å²) in [6, 6.07) is 8.71. The highest BCUT2D eigenvalue weighted by molar-refractivity contribution is 9.10. The lowest BCUT2D eigenvalue weighted by molar-refractivity contribution is 0.601. The van der Waals surface area contributed by atoms with Gasteiger partial charge in [0.15, 0.2) is 0 Å². The van der Waals surface area contributed by atoms with Crippen LogP contribution < -0.4 is 10.5 Å². The van der Waals surface area contributed by atoms with Crippen molar-refractivity contribution in [3.8, 4) is 0 Å². The van der Waals surface area contributed by atoms with Crippen LogP contribution in [0, 0.1) is 0 Å². The van der Waals surface area contributed by atoms with Gasteiger partial charge in [0.05, 0.1) is 0 Å². The van der Waals surface area contributed by atoms with Crippen LogP contribution in [0.2, 0.25) is 0 Å². The first kappa shape index (κ1) is 15.8. The smallest absolute Gasteiger partial charge is 0.265 e. The Bertz CT molecular complexity index is 761. The number of benzene rings is 1. The molecule has 0 spiro atoms. The van der Waals surface area contributed by atoms with Crippen LogP contribution in [0.15, 0.2) is 45.9 Å². The third-order valence-corrected chi connectivity index (χ3v) is 4.79. The number of nitrogens with two attached hydrogens (primary N) is 1. The summed E-state index contributed by atoms with van der Waals surface area (Å²) in [6.07, 6.45) is 1.45. The average molecular weight is 370 g/mol. The Kier molecular flexibility index (Phi) is 4.53. The number of rotatable bonds is 4. The predicted octanol–water partition coefficient (Wildman–Crippen LogP) is 3.35. The first-order chi connectivity index (χ1) is 9.79. The van der Waals surface area contributed by atoms with Crippen molar-refractivity contribution >= 4 is 37.5 Å². The van der Waals surface area contributed by atoms with Crippen LogP contribution in [0.1, 0.15) is 25.3 Å². The topological polar surface area (TPSA) is 85.1 Å². The third-order valence-electron chi connectivity index (χ3n) is 2.94. The van der Waals surface area contributed by atoms with Crippen molar-refractivity contribution in [1.29, 1.82) is 0 Å². The summed E-state index contributed by atoms with van der Waals surface area (Å²) < 4.78 is 27.9. The van der Waals surface area contributed by atoms with E-state index in [9.17, 15) is 8.42 Å². The Hall–Kier alpha value is -1.60. The summed E-state index contributed by atoms with van der Waals surface area (Å²) in [5, 5.41) is 0. The minimum absolute atomic E-state index is 0.0364. The fourth-order valence-electron chi connectivity index (χ4n) is 1.82. The molecule has 1 aromatic heterocycles. The molecule has 2 rings (SSSR count). The van der Waals surface area contributed by atoms with Gasteiger partial charge in [0.1, 0.15) is 10.7 Å². The molecular formula is C14H16BrN3O2S. The van der Waals surface area contributed by atoms with Crippen LogP contribution in [0.3, 0.4) is 0 Å². The lowest BCUT2D eigenvalue weighted by atomic mass is 10.0. The molecule has 0 aliphatic rings. The van der Waals surface area contributed by atoms with Gasteiger partial charge < -0.3 is 5.73 Å². The van der Waals surface area contributed by atoms with Crippen molar-refractivity contribution in [2.75, 3.05) is 10.5 Å². The van der Waals surface area contributed by atoms with Crippen LogP contribution >= 0.6 is 15.9 Å². The van der Waals surface area contributed by atoms with E-state index in [2.05, 4.69) is 25.6 Å². The van der Waals surface area contributed by atoms with Crippen LogP contribution in [0.5, 0.6) is 0 Å². The van der Waals surface area contributed by atoms with Gasteiger partial charge in [-0.25, -0.2) is 13.4 Å². The van der Waals surface area contributed by atoms with Gasteiger partial charge in [-0.05, 0) is 45.6 Å². The molecule has 21 heavy (non-hydrogen) atoms. The number of halogens is 1. The van der Waals surface area contributed by atoms with E-state index >= 15 is 0 Å². The van der Waals surface area contributed by atoms with Crippen LogP contribution in [0.4, 0.5) is 11.5 Å². The summed E-state index contributed by atoms with van der Waals surface area (Å²) in [7, 11) is -3.78. The number of aromatic nitrogens is 1. The molecule has 5 nitrogen and oxygen atoms in total. The SMILES string of the molecule is CC(C)c1cccc(NS(=O)(=O)c2cc(Br)cnc2N)c1. The summed E-state index contributed by atoms with van der Waals surface area (Å²) in [5.74, 6) is 0.276. The van der Waals surface area contributed by atoms with Crippen LogP contribution in [0.25, 0.3) is 0 Å². The van der Waals surface area contributed by atoms with E-state index in [-0.39, 0.29) is 10.7 Å². The maximum atomic E-state index is 12.4. The Morgan fingerprint density at radius 1 is 1.29 bits per heavy atom. The highest BCUT2D eigenvalue weighted by Gasteiger charge is 2.19. The van der Waals surface area contributed by atoms with Crippen LogP contribution in [-0.4, -0.2) is 13.4 Å². The molecule has 3 N–H and O–H groups in total. The third kappa shape index (κ3) is 3.74. The number of nitrogen functional groups attached to an aromatic ring is 1. The van der Waals surface area contributed by atoms with Gasteiger partial charge in [0, 0.05) is 16.4 Å². The minimum atomic E-state index is -3.78. The number of nitrogens with zero attached hydrogens (tertiary/aromatic N) is 1. The summed E-state index contributed by atoms with van der Waals surface area (Å²) >= 11 is 3.19. The number of hydrogen-bond acceptors (Lipinski definition) is 4. The quantitative estimate of drug-likeness (QED) is 0.864. The standard InChI is InChI=1S/C14H16BrN3O2S/c1-9(2)10-4-3-5-12(6-10)18-21(19,20)13-7-11(15)8-17-14(13)16/h3-9,18H,1-2H3,(H2,16,17). The molecule has 0 saturated carbocycles. The van der Waals surface area contributed by atoms with E-state index in [0.717, 1.165) is 5.56 Å². The van der Waals surface area contributed by atoms with Gasteiger partial charge in [0.2, 0.25) is 0 Å². The van der Waals surface area contributed by atoms with Crippen molar-refractivity contribution < 1.29 is 8.42 Å². The first-order valence-electron chi connectivity index (χ1n) is 6.33. The summed E-state index contributed by atoms with van der Waals surface area (Å²) in [6.45, 7) is 4.09. The lowest BCUT2D eigenvalue weighted by Gasteiger charge is -2.12. The molecule has 2 aromatic rings. The molecule has 0 radical (unpaired) electrons. The molecule has 0 atom stereocenters. The summed E-state index contributed by atoms with van der Waals surface area (Å²) in [4.78, 5) is 3.79. The molecule has 112 valence electrons. The zero-order chi connectivity index (χ0) is 15.6. The van der Waals surface area contributed by atoms with Crippen LogP contribution in [-0.2, 0) is 10.0 Å². The Balaban J connectivity index is 2.37. The Morgan fingerprint density at radius 3 is 2.67 bits per heavy atom. The minimum Gasteiger partial charge on any atom is -0.383 e. The fraction of sp³-hybridized carbons (Fsp3) is 0.214. The van der Waals surface area contributed by atoms with Crippen molar-refractivity contribution in [2.24, 2.45) is 0 Å². The van der Waals surface area contributed by atoms with E-state index in [0.29, 0.717) is 16.1 Å². The zero-order valence-corrected chi connectivity index (χ0v) is 14.1. The van der Waals surface area contributed by atoms with Crippen molar-refractivity contribution in [3.63, 3.8) is 0 Å². The molecule has 0 unspecified atom stereocenters. The molecule has 0 saturated heterocycles. The normalized spacial score (nSPS) is 11.6. The maximum absolute atomic E-state index is 12.4. The number of pyridine rings is 1. The number of sulfonamides is 1. The van der Waals surface area contributed by atoms with Gasteiger partial charge >= 0.3 is 0 Å². The molecule has 0 amide bonds. The van der Waals surface area contributed by atoms with Gasteiger partial charge in [-0.2, -0.15) is 0 Å². The van der Waals surface area contributed by atoms with E-state index < -0.39 is 10.0 Å². The molecular weight excluding hydrogens is 354 g/mol. The largest absolute Gasteiger partial charge is 0.383 e. The van der Waals surface area contributed by atoms with Crippen molar-refractivity contribution in [1.82, 2.24) is 4.98 Å². The molecule has 7 heteroatoms. The monoisotopic (exact) mass is 369 g/mol. The molecule has 0 aliphatic carbocycles. The number of hydrogen-bond donors (Lipinski definition) is 2. The zero-order valence-electron chi connectivity index (χ0n) is 11.7. The number of anilines is 2. The molecule has 1 aromatic carbocycles. The molecule has 0 aliphatic heterocycles. The Morgan fingerprint density at radius 2 is 2.00 bits per heavy atom. The van der Waals surface area contributed by atoms with E-state index in [1.807, 2.05) is 32.0 Å². The molecule has 1 heterocycles. The van der Waals surface area contributed by atoms with Gasteiger partial charge in [-0.1, -0.05) is 26.0 Å². The van der Waals surface area contributed by atoms with E-state index in [1.54, 1.807) is 6.07 Å². The second-order valence-electron chi connectivity index (χ2n) is 4.92. The number of nitrogens with one attached hydrogen (secondary N) is 1. The van der Waals surface area contributed by atoms with E-state index in [1.165, 1.54) is 12.3 Å². The van der Waals surface area contributed by atoms with Gasteiger partial charge in [-0.15, -0.1) is 0 Å². The molecule has 0 fully saturated rings. The fourth-order valence-corrected chi connectivity index (χ4v) is 3.46. The first-order valence-corrected chi connectivity index (χ1v) is 8.61. The predicted molar refractivity (Wildman–Crippen MR) is 87.7 cm³/mol. The highest BCUT2D eigenvalue weighted by atomic mass is 79.9. The maximum Gasteiger partial charge on any atom is 0.265 e. The van der Waals surface area contributed by atoms with Crippen molar-refractivity contribution in [3.05, 3.63) is 46.6 Å². The second kappa shape index (κ2) is 6.03. The highest BCUT2D eigenvalue weighted by Crippen LogP contribution is 2.25. The van der Waals surface area contributed by atoms with Gasteiger partial charge in [0.25, 0.3) is 10.0 Å². The Labute approximate surface area is 132 Å². The average Bonchev–Trinajstić information content (AvgIpc) is 2.41. The van der Waals surface area contributed by atoms with Crippen molar-refractivity contribution in [2.45, 2.75) is 24.7 Å². The second-order valence-corrected chi connectivity index (χ2v) is 7.49. The lowest BCUT2D eigenvalue weighted by Crippen LogP contribution is -2.15. The van der Waals surface area contributed by atoms with Gasteiger partial charge in [-0.3, -0.25) is 4.72 Å². The molecule has 0 bridgehead atoms. The summed E-state index contributed by atoms with van der Waals surface area (Å²) in [5.41, 5.74) is 7.21.